The van der Waals surface area contributed by atoms with E-state index in [1.165, 1.54) is 12.1 Å². The Morgan fingerprint density at radius 3 is 2.63 bits per heavy atom. The van der Waals surface area contributed by atoms with Gasteiger partial charge in [0.15, 0.2) is 0 Å². The summed E-state index contributed by atoms with van der Waals surface area (Å²) in [5, 5.41) is 9.62. The third kappa shape index (κ3) is 3.96. The van der Waals surface area contributed by atoms with Gasteiger partial charge in [0.1, 0.15) is 18.2 Å². The Morgan fingerprint density at radius 2 is 1.89 bits per heavy atom. The molecule has 4 rings (SSSR count). The fraction of sp³-hybridized carbons (Fsp3) is 0.381. The lowest BCUT2D eigenvalue weighted by Gasteiger charge is -2.47. The van der Waals surface area contributed by atoms with Gasteiger partial charge in [-0.1, -0.05) is 18.2 Å². The first-order chi connectivity index (χ1) is 13.0. The minimum atomic E-state index is -0.379. The number of carbonyl (C=O) groups is 1. The van der Waals surface area contributed by atoms with Gasteiger partial charge in [-0.25, -0.2) is 4.39 Å². The summed E-state index contributed by atoms with van der Waals surface area (Å²) in [6.07, 6.45) is 1.62. The molecule has 2 aliphatic rings. The van der Waals surface area contributed by atoms with Gasteiger partial charge in [-0.3, -0.25) is 9.69 Å². The lowest BCUT2D eigenvalue weighted by atomic mass is 9.88. The van der Waals surface area contributed by atoms with Crippen LogP contribution in [0.3, 0.4) is 0 Å². The Hall–Kier alpha value is -2.44. The molecule has 6 heteroatoms. The molecule has 0 aliphatic carbocycles. The summed E-state index contributed by atoms with van der Waals surface area (Å²) in [7, 11) is 0. The number of phenols is 1. The molecule has 2 heterocycles. The molecule has 2 aromatic carbocycles. The molecule has 0 unspecified atom stereocenters. The minimum Gasteiger partial charge on any atom is -0.508 e. The van der Waals surface area contributed by atoms with E-state index in [9.17, 15) is 14.3 Å². The van der Waals surface area contributed by atoms with Gasteiger partial charge in [0.05, 0.1) is 12.1 Å². The lowest BCUT2D eigenvalue weighted by molar-refractivity contribution is -0.144. The Labute approximate surface area is 158 Å². The SMILES string of the molecule is O=C1COC2(CCN(Cc3cccc(O)c3)CC2)CN1c1cccc(F)c1. The number of halogens is 1. The third-order valence-electron chi connectivity index (χ3n) is 5.45. The van der Waals surface area contributed by atoms with Crippen molar-refractivity contribution in [3.63, 3.8) is 0 Å². The number of piperidine rings is 1. The predicted octanol–water partition coefficient (Wildman–Crippen LogP) is 2.93. The van der Waals surface area contributed by atoms with Crippen molar-refractivity contribution in [1.82, 2.24) is 4.90 Å². The molecule has 5 nitrogen and oxygen atoms in total. The molecule has 0 atom stereocenters. The molecule has 2 saturated heterocycles. The summed E-state index contributed by atoms with van der Waals surface area (Å²) in [5.74, 6) is -0.198. The van der Waals surface area contributed by atoms with Crippen molar-refractivity contribution < 1.29 is 19.0 Å². The van der Waals surface area contributed by atoms with E-state index in [1.807, 2.05) is 12.1 Å². The fourth-order valence-electron chi connectivity index (χ4n) is 3.93. The third-order valence-corrected chi connectivity index (χ3v) is 5.45. The van der Waals surface area contributed by atoms with Gasteiger partial charge in [0.25, 0.3) is 5.91 Å². The molecule has 2 fully saturated rings. The molecule has 0 bridgehead atoms. The van der Waals surface area contributed by atoms with E-state index >= 15 is 0 Å². The van der Waals surface area contributed by atoms with E-state index in [1.54, 1.807) is 29.2 Å². The number of rotatable bonds is 3. The Bertz CT molecular complexity index is 834. The zero-order valence-electron chi connectivity index (χ0n) is 15.1. The average molecular weight is 370 g/mol. The Morgan fingerprint density at radius 1 is 1.11 bits per heavy atom. The number of aromatic hydroxyl groups is 1. The van der Waals surface area contributed by atoms with Crippen LogP contribution in [0.4, 0.5) is 10.1 Å². The van der Waals surface area contributed by atoms with Crippen LogP contribution >= 0.6 is 0 Å². The monoisotopic (exact) mass is 370 g/mol. The van der Waals surface area contributed by atoms with Gasteiger partial charge in [-0.2, -0.15) is 0 Å². The summed E-state index contributed by atoms with van der Waals surface area (Å²) in [4.78, 5) is 16.3. The molecule has 0 aromatic heterocycles. The van der Waals surface area contributed by atoms with Crippen LogP contribution in [0.2, 0.25) is 0 Å². The summed E-state index contributed by atoms with van der Waals surface area (Å²) >= 11 is 0. The van der Waals surface area contributed by atoms with Crippen molar-refractivity contribution >= 4 is 11.6 Å². The smallest absolute Gasteiger partial charge is 0.253 e. The number of morpholine rings is 1. The number of phenolic OH excluding ortho intramolecular Hbond substituents is 1. The number of carbonyl (C=O) groups excluding carboxylic acids is 1. The van der Waals surface area contributed by atoms with Gasteiger partial charge in [0, 0.05) is 25.3 Å². The number of ether oxygens (including phenoxy) is 1. The molecule has 0 saturated carbocycles. The standard InChI is InChI=1S/C21H23FN2O3/c22-17-4-2-5-18(12-17)24-15-21(27-14-20(24)26)7-9-23(10-8-21)13-16-3-1-6-19(25)11-16/h1-6,11-12,25H,7-10,13-15H2. The van der Waals surface area contributed by atoms with E-state index in [4.69, 9.17) is 4.74 Å². The predicted molar refractivity (Wildman–Crippen MR) is 100 cm³/mol. The fourth-order valence-corrected chi connectivity index (χ4v) is 3.93. The van der Waals surface area contributed by atoms with Crippen LogP contribution in [0.25, 0.3) is 0 Å². The summed E-state index contributed by atoms with van der Waals surface area (Å²) in [5.41, 5.74) is 1.28. The first kappa shape index (κ1) is 17.9. The van der Waals surface area contributed by atoms with Crippen LogP contribution in [-0.4, -0.2) is 47.8 Å². The highest BCUT2D eigenvalue weighted by Crippen LogP contribution is 2.33. The van der Waals surface area contributed by atoms with Crippen molar-refractivity contribution in [1.29, 1.82) is 0 Å². The number of nitrogens with zero attached hydrogens (tertiary/aromatic N) is 2. The van der Waals surface area contributed by atoms with Gasteiger partial charge in [-0.15, -0.1) is 0 Å². The number of hydrogen-bond donors (Lipinski definition) is 1. The number of benzene rings is 2. The van der Waals surface area contributed by atoms with Crippen LogP contribution in [0, 0.1) is 5.82 Å². The first-order valence-corrected chi connectivity index (χ1v) is 9.23. The van der Waals surface area contributed by atoms with Gasteiger partial charge < -0.3 is 14.7 Å². The van der Waals surface area contributed by atoms with Crippen LogP contribution in [0.5, 0.6) is 5.75 Å². The molecule has 2 aromatic rings. The molecule has 0 radical (unpaired) electrons. The van der Waals surface area contributed by atoms with Crippen molar-refractivity contribution in [2.45, 2.75) is 25.0 Å². The van der Waals surface area contributed by atoms with E-state index in [-0.39, 0.29) is 29.7 Å². The molecule has 142 valence electrons. The topological polar surface area (TPSA) is 53.0 Å². The zero-order valence-corrected chi connectivity index (χ0v) is 15.1. The van der Waals surface area contributed by atoms with Crippen molar-refractivity contribution in [3.8, 4) is 5.75 Å². The number of anilines is 1. The molecular formula is C21H23FN2O3. The van der Waals surface area contributed by atoms with Crippen LogP contribution < -0.4 is 4.90 Å². The second-order valence-electron chi connectivity index (χ2n) is 7.38. The zero-order chi connectivity index (χ0) is 18.9. The molecule has 1 amide bonds. The lowest BCUT2D eigenvalue weighted by Crippen LogP contribution is -2.58. The highest BCUT2D eigenvalue weighted by Gasteiger charge is 2.42. The summed E-state index contributed by atoms with van der Waals surface area (Å²) in [6.45, 7) is 2.96. The maximum absolute atomic E-state index is 13.6. The Balaban J connectivity index is 1.42. The van der Waals surface area contributed by atoms with Crippen LogP contribution in [-0.2, 0) is 16.1 Å². The second-order valence-corrected chi connectivity index (χ2v) is 7.38. The largest absolute Gasteiger partial charge is 0.508 e. The Kier molecular flexibility index (Phi) is 4.85. The van der Waals surface area contributed by atoms with Gasteiger partial charge in [0.2, 0.25) is 0 Å². The number of amides is 1. The molecular weight excluding hydrogens is 347 g/mol. The second kappa shape index (κ2) is 7.29. The van der Waals surface area contributed by atoms with E-state index in [2.05, 4.69) is 4.90 Å². The van der Waals surface area contributed by atoms with E-state index in [0.717, 1.165) is 38.0 Å². The highest BCUT2D eigenvalue weighted by atomic mass is 19.1. The maximum Gasteiger partial charge on any atom is 0.253 e. The molecule has 1 spiro atoms. The number of likely N-dealkylation sites (tertiary alicyclic amines) is 1. The van der Waals surface area contributed by atoms with Crippen molar-refractivity contribution in [3.05, 3.63) is 59.9 Å². The normalized spacial score (nSPS) is 20.2. The average Bonchev–Trinajstić information content (AvgIpc) is 2.66. The van der Waals surface area contributed by atoms with Crippen LogP contribution in [0.15, 0.2) is 48.5 Å². The quantitative estimate of drug-likeness (QED) is 0.903. The van der Waals surface area contributed by atoms with Gasteiger partial charge >= 0.3 is 0 Å². The first-order valence-electron chi connectivity index (χ1n) is 9.23. The summed E-state index contributed by atoms with van der Waals surface area (Å²) in [6, 6.07) is 13.5. The van der Waals surface area contributed by atoms with Crippen molar-refractivity contribution in [2.75, 3.05) is 31.1 Å². The number of hydrogen-bond acceptors (Lipinski definition) is 4. The maximum atomic E-state index is 13.6. The highest BCUT2D eigenvalue weighted by molar-refractivity contribution is 5.95. The summed E-state index contributed by atoms with van der Waals surface area (Å²) < 4.78 is 19.5. The molecule has 1 N–H and O–H groups in total. The molecule has 2 aliphatic heterocycles. The van der Waals surface area contributed by atoms with E-state index < -0.39 is 0 Å². The minimum absolute atomic E-state index is 0.0308. The van der Waals surface area contributed by atoms with Crippen molar-refractivity contribution in [2.24, 2.45) is 0 Å². The molecule has 27 heavy (non-hydrogen) atoms. The van der Waals surface area contributed by atoms with Crippen LogP contribution in [0.1, 0.15) is 18.4 Å². The van der Waals surface area contributed by atoms with E-state index in [0.29, 0.717) is 12.2 Å². The van der Waals surface area contributed by atoms with Gasteiger partial charge in [-0.05, 0) is 48.7 Å².